The first-order valence-electron chi connectivity index (χ1n) is 9.89. The number of phenols is 2. The predicted octanol–water partition coefficient (Wildman–Crippen LogP) is 5.00. The van der Waals surface area contributed by atoms with Crippen LogP contribution in [0.25, 0.3) is 0 Å². The van der Waals surface area contributed by atoms with Crippen molar-refractivity contribution in [2.24, 2.45) is 0 Å². The molecule has 0 unspecified atom stereocenters. The van der Waals surface area contributed by atoms with Gasteiger partial charge < -0.3 is 29.9 Å². The van der Waals surface area contributed by atoms with E-state index >= 15 is 0 Å². The molecule has 3 aromatic carbocycles. The van der Waals surface area contributed by atoms with Crippen LogP contribution in [-0.4, -0.2) is 45.6 Å². The summed E-state index contributed by atoms with van der Waals surface area (Å²) in [6.45, 7) is 7.85. The van der Waals surface area contributed by atoms with Crippen LogP contribution in [0.15, 0.2) is 98.1 Å². The number of hydrogen-bond donors (Lipinski definition) is 4. The second-order valence-electron chi connectivity index (χ2n) is 6.37. The first-order chi connectivity index (χ1) is 16.3. The second kappa shape index (κ2) is 15.1. The van der Waals surface area contributed by atoms with Crippen LogP contribution < -0.4 is 9.47 Å². The van der Waals surface area contributed by atoms with Crippen molar-refractivity contribution in [3.05, 3.63) is 109 Å². The molecule has 0 saturated carbocycles. The molecule has 3 aromatic rings. The highest BCUT2D eigenvalue weighted by molar-refractivity contribution is 5.88. The molecule has 3 rings (SSSR count). The number of aromatic carboxylic acids is 2. The van der Waals surface area contributed by atoms with Gasteiger partial charge in [0, 0.05) is 0 Å². The number of hydrogen-bond acceptors (Lipinski definition) is 6. The minimum Gasteiger partial charge on any atom is -0.508 e. The lowest BCUT2D eigenvalue weighted by Crippen LogP contribution is -1.97. The van der Waals surface area contributed by atoms with Crippen molar-refractivity contribution in [1.82, 2.24) is 0 Å². The summed E-state index contributed by atoms with van der Waals surface area (Å²) >= 11 is 0. The number of carboxylic acid groups (broad SMARTS) is 2. The number of carbonyl (C=O) groups is 2. The third kappa shape index (κ3) is 11.1. The van der Waals surface area contributed by atoms with E-state index in [0.29, 0.717) is 24.7 Å². The topological polar surface area (TPSA) is 134 Å². The molecule has 0 heterocycles. The molecule has 0 aliphatic heterocycles. The van der Waals surface area contributed by atoms with Crippen molar-refractivity contribution < 1.29 is 39.5 Å². The van der Waals surface area contributed by atoms with Crippen LogP contribution in [0.3, 0.4) is 0 Å². The molecule has 0 aromatic heterocycles. The molecule has 4 N–H and O–H groups in total. The van der Waals surface area contributed by atoms with Crippen LogP contribution >= 0.6 is 0 Å². The SMILES string of the molecule is C=CCOc1ccc(C(=O)O)cc1.C=CCOc1ccc(C(=O)O)cc1.Oc1ccc(O)cc1. The molecule has 0 amide bonds. The van der Waals surface area contributed by atoms with Crippen LogP contribution in [-0.2, 0) is 0 Å². The summed E-state index contributed by atoms with van der Waals surface area (Å²) in [6, 6.07) is 18.2. The minimum atomic E-state index is -0.935. The van der Waals surface area contributed by atoms with Gasteiger partial charge >= 0.3 is 11.9 Å². The Morgan fingerprint density at radius 2 is 0.912 bits per heavy atom. The molecule has 34 heavy (non-hydrogen) atoms. The number of benzene rings is 3. The number of phenolic OH excluding ortho intramolecular Hbond substituents is 2. The maximum absolute atomic E-state index is 10.5. The number of rotatable bonds is 8. The van der Waals surface area contributed by atoms with Crippen molar-refractivity contribution in [2.45, 2.75) is 0 Å². The van der Waals surface area contributed by atoms with E-state index in [2.05, 4.69) is 13.2 Å². The Balaban J connectivity index is 0.000000263. The van der Waals surface area contributed by atoms with E-state index in [0.717, 1.165) is 0 Å². The van der Waals surface area contributed by atoms with Crippen LogP contribution in [0.5, 0.6) is 23.0 Å². The Labute approximate surface area is 197 Å². The van der Waals surface area contributed by atoms with Crippen molar-refractivity contribution >= 4 is 11.9 Å². The van der Waals surface area contributed by atoms with E-state index in [1.807, 2.05) is 0 Å². The van der Waals surface area contributed by atoms with Crippen LogP contribution in [0.4, 0.5) is 0 Å². The molecule has 178 valence electrons. The minimum absolute atomic E-state index is 0.169. The zero-order valence-corrected chi connectivity index (χ0v) is 18.3. The van der Waals surface area contributed by atoms with E-state index in [-0.39, 0.29) is 22.6 Å². The Kier molecular flexibility index (Phi) is 12.2. The molecule has 0 bridgehead atoms. The van der Waals surface area contributed by atoms with Crippen molar-refractivity contribution in [2.75, 3.05) is 13.2 Å². The molecule has 0 saturated heterocycles. The highest BCUT2D eigenvalue weighted by atomic mass is 16.5. The lowest BCUT2D eigenvalue weighted by molar-refractivity contribution is 0.0686. The lowest BCUT2D eigenvalue weighted by atomic mass is 10.2. The van der Waals surface area contributed by atoms with Gasteiger partial charge in [0.2, 0.25) is 0 Å². The van der Waals surface area contributed by atoms with Gasteiger partial charge in [0.15, 0.2) is 0 Å². The normalized spacial score (nSPS) is 9.18. The maximum atomic E-state index is 10.5. The molecule has 8 nitrogen and oxygen atoms in total. The Bertz CT molecular complexity index is 953. The van der Waals surface area contributed by atoms with E-state index in [1.54, 1.807) is 36.4 Å². The molecule has 0 aliphatic rings. The average Bonchev–Trinajstić information content (AvgIpc) is 2.84. The molecule has 8 heteroatoms. The van der Waals surface area contributed by atoms with Crippen molar-refractivity contribution in [3.63, 3.8) is 0 Å². The highest BCUT2D eigenvalue weighted by Crippen LogP contribution is 2.14. The molecule has 0 spiro atoms. The smallest absolute Gasteiger partial charge is 0.335 e. The summed E-state index contributed by atoms with van der Waals surface area (Å²) in [5.74, 6) is -0.244. The van der Waals surface area contributed by atoms with Crippen LogP contribution in [0.1, 0.15) is 20.7 Å². The van der Waals surface area contributed by atoms with Gasteiger partial charge in [-0.1, -0.05) is 25.3 Å². The molecular formula is C26H26O8. The zero-order chi connectivity index (χ0) is 25.3. The lowest BCUT2D eigenvalue weighted by Gasteiger charge is -2.02. The third-order valence-electron chi connectivity index (χ3n) is 3.79. The largest absolute Gasteiger partial charge is 0.508 e. The number of carboxylic acids is 2. The van der Waals surface area contributed by atoms with Gasteiger partial charge in [-0.25, -0.2) is 9.59 Å². The van der Waals surface area contributed by atoms with Gasteiger partial charge in [-0.3, -0.25) is 0 Å². The molecule has 0 aliphatic carbocycles. The molecular weight excluding hydrogens is 440 g/mol. The Morgan fingerprint density at radius 3 is 1.15 bits per heavy atom. The summed E-state index contributed by atoms with van der Waals surface area (Å²) in [7, 11) is 0. The van der Waals surface area contributed by atoms with Gasteiger partial charge in [0.1, 0.15) is 36.2 Å². The first kappa shape index (κ1) is 27.3. The van der Waals surface area contributed by atoms with E-state index in [9.17, 15) is 9.59 Å². The number of ether oxygens (including phenoxy) is 2. The van der Waals surface area contributed by atoms with Gasteiger partial charge in [0.05, 0.1) is 11.1 Å². The molecule has 0 atom stereocenters. The fourth-order valence-electron chi connectivity index (χ4n) is 2.15. The molecule has 0 fully saturated rings. The second-order valence-corrected chi connectivity index (χ2v) is 6.37. The quantitative estimate of drug-likeness (QED) is 0.269. The van der Waals surface area contributed by atoms with Gasteiger partial charge in [0.25, 0.3) is 0 Å². The third-order valence-corrected chi connectivity index (χ3v) is 3.79. The van der Waals surface area contributed by atoms with Gasteiger partial charge in [-0.05, 0) is 72.8 Å². The van der Waals surface area contributed by atoms with E-state index in [1.165, 1.54) is 48.5 Å². The predicted molar refractivity (Wildman–Crippen MR) is 128 cm³/mol. The fraction of sp³-hybridized carbons (Fsp3) is 0.0769. The van der Waals surface area contributed by atoms with Gasteiger partial charge in [-0.2, -0.15) is 0 Å². The van der Waals surface area contributed by atoms with Crippen molar-refractivity contribution in [1.29, 1.82) is 0 Å². The van der Waals surface area contributed by atoms with Gasteiger partial charge in [-0.15, -0.1) is 0 Å². The van der Waals surface area contributed by atoms with E-state index in [4.69, 9.17) is 29.9 Å². The summed E-state index contributed by atoms with van der Waals surface area (Å²) in [4.78, 5) is 20.9. The standard InChI is InChI=1S/2C10H10O3.C6H6O2/c2*1-2-7-13-9-5-3-8(4-6-9)10(11)12;7-5-1-2-6(8)4-3-5/h2*2-6H,1,7H2,(H,11,12);1-4,7-8H. The van der Waals surface area contributed by atoms with Crippen molar-refractivity contribution in [3.8, 4) is 23.0 Å². The first-order valence-corrected chi connectivity index (χ1v) is 9.89. The Hall–Kier alpha value is -4.72. The number of aromatic hydroxyl groups is 2. The maximum Gasteiger partial charge on any atom is 0.335 e. The summed E-state index contributed by atoms with van der Waals surface area (Å²) in [6.07, 6.45) is 3.26. The van der Waals surface area contributed by atoms with Crippen LogP contribution in [0, 0.1) is 0 Å². The monoisotopic (exact) mass is 466 g/mol. The summed E-state index contributed by atoms with van der Waals surface area (Å²) in [5, 5.41) is 34.5. The summed E-state index contributed by atoms with van der Waals surface area (Å²) < 4.78 is 10.4. The Morgan fingerprint density at radius 1 is 0.618 bits per heavy atom. The highest BCUT2D eigenvalue weighted by Gasteiger charge is 2.02. The van der Waals surface area contributed by atoms with Crippen LogP contribution in [0.2, 0.25) is 0 Å². The fourth-order valence-corrected chi connectivity index (χ4v) is 2.15. The average molecular weight is 466 g/mol. The van der Waals surface area contributed by atoms with E-state index < -0.39 is 11.9 Å². The molecule has 0 radical (unpaired) electrons. The summed E-state index contributed by atoms with van der Waals surface area (Å²) in [5.41, 5.74) is 0.511. The zero-order valence-electron chi connectivity index (χ0n) is 18.3.